The zero-order valence-corrected chi connectivity index (χ0v) is 13.0. The first-order valence-corrected chi connectivity index (χ1v) is 8.49. The summed E-state index contributed by atoms with van der Waals surface area (Å²) in [6.45, 7) is 0. The highest BCUT2D eigenvalue weighted by Crippen LogP contribution is 2.31. The molecule has 0 spiro atoms. The van der Waals surface area contributed by atoms with Gasteiger partial charge in [-0.25, -0.2) is 13.2 Å². The molecule has 19 heavy (non-hydrogen) atoms. The molecule has 1 saturated carbocycles. The van der Waals surface area contributed by atoms with E-state index in [1.807, 2.05) is 0 Å². The number of halogens is 1. The summed E-state index contributed by atoms with van der Waals surface area (Å²) in [5, 5.41) is 0. The minimum atomic E-state index is -3.44. The summed E-state index contributed by atoms with van der Waals surface area (Å²) < 4.78 is 30.0. The molecule has 0 N–H and O–H groups in total. The van der Waals surface area contributed by atoms with Crippen LogP contribution in [0.25, 0.3) is 0 Å². The van der Waals surface area contributed by atoms with Crippen molar-refractivity contribution in [1.82, 2.24) is 0 Å². The Morgan fingerprint density at radius 1 is 1.42 bits per heavy atom. The topological polar surface area (TPSA) is 60.4 Å². The molecule has 0 amide bonds. The lowest BCUT2D eigenvalue weighted by Crippen LogP contribution is -2.23. The maximum absolute atomic E-state index is 12.4. The molecule has 0 aromatic heterocycles. The molecule has 6 heteroatoms. The molecular weight excluding hydrogens is 332 g/mol. The van der Waals surface area contributed by atoms with E-state index in [2.05, 4.69) is 20.7 Å². The highest BCUT2D eigenvalue weighted by atomic mass is 79.9. The molecule has 0 atom stereocenters. The average Bonchev–Trinajstić information content (AvgIpc) is 2.32. The van der Waals surface area contributed by atoms with Crippen molar-refractivity contribution in [2.45, 2.75) is 24.2 Å². The van der Waals surface area contributed by atoms with Crippen molar-refractivity contribution in [3.63, 3.8) is 0 Å². The van der Waals surface area contributed by atoms with Gasteiger partial charge in [-0.1, -0.05) is 22.4 Å². The van der Waals surface area contributed by atoms with Gasteiger partial charge in [0.05, 0.1) is 23.3 Å². The van der Waals surface area contributed by atoms with Gasteiger partial charge < -0.3 is 4.74 Å². The average molecular weight is 347 g/mol. The Kier molecular flexibility index (Phi) is 4.30. The molecule has 0 aliphatic heterocycles. The van der Waals surface area contributed by atoms with Gasteiger partial charge in [0.1, 0.15) is 0 Å². The van der Waals surface area contributed by atoms with E-state index in [-0.39, 0.29) is 22.1 Å². The number of esters is 1. The number of sulfone groups is 1. The fourth-order valence-corrected chi connectivity index (χ4v) is 4.35. The van der Waals surface area contributed by atoms with Crippen molar-refractivity contribution in [2.24, 2.45) is 5.92 Å². The van der Waals surface area contributed by atoms with Gasteiger partial charge in [0.2, 0.25) is 0 Å². The van der Waals surface area contributed by atoms with Crippen LogP contribution in [0.4, 0.5) is 0 Å². The van der Waals surface area contributed by atoms with Crippen molar-refractivity contribution < 1.29 is 17.9 Å². The standard InChI is InChI=1S/C13H15BrO4S/c1-18-13(15)11-7-10(14)5-6-12(11)19(16,17)8-9-3-2-4-9/h5-7,9H,2-4,8H2,1H3. The maximum atomic E-state index is 12.4. The van der Waals surface area contributed by atoms with E-state index in [0.717, 1.165) is 19.3 Å². The number of carbonyl (C=O) groups is 1. The molecule has 2 rings (SSSR count). The first kappa shape index (κ1) is 14.5. The normalized spacial score (nSPS) is 15.9. The molecule has 1 aliphatic rings. The number of ether oxygens (including phenoxy) is 1. The number of methoxy groups -OCH3 is 1. The largest absolute Gasteiger partial charge is 0.465 e. The van der Waals surface area contributed by atoms with Crippen molar-refractivity contribution >= 4 is 31.7 Å². The summed E-state index contributed by atoms with van der Waals surface area (Å²) in [6, 6.07) is 4.57. The Bertz CT molecular complexity index is 591. The molecule has 0 heterocycles. The summed E-state index contributed by atoms with van der Waals surface area (Å²) in [5.74, 6) is -0.300. The van der Waals surface area contributed by atoms with Crippen LogP contribution in [-0.4, -0.2) is 27.2 Å². The lowest BCUT2D eigenvalue weighted by molar-refractivity contribution is 0.0596. The van der Waals surface area contributed by atoms with E-state index in [9.17, 15) is 13.2 Å². The fourth-order valence-electron chi connectivity index (χ4n) is 2.10. The number of rotatable bonds is 4. The van der Waals surface area contributed by atoms with Crippen LogP contribution < -0.4 is 0 Å². The Morgan fingerprint density at radius 3 is 2.63 bits per heavy atom. The van der Waals surface area contributed by atoms with Crippen LogP contribution in [-0.2, 0) is 14.6 Å². The van der Waals surface area contributed by atoms with Gasteiger partial charge >= 0.3 is 5.97 Å². The molecule has 104 valence electrons. The lowest BCUT2D eigenvalue weighted by atomic mass is 9.87. The van der Waals surface area contributed by atoms with Gasteiger partial charge in [0.25, 0.3) is 0 Å². The second-order valence-corrected chi connectivity index (χ2v) is 7.63. The SMILES string of the molecule is COC(=O)c1cc(Br)ccc1S(=O)(=O)CC1CCC1. The van der Waals surface area contributed by atoms with Crippen LogP contribution >= 0.6 is 15.9 Å². The third-order valence-corrected chi connectivity index (χ3v) is 5.79. The molecule has 0 saturated heterocycles. The Morgan fingerprint density at radius 2 is 2.11 bits per heavy atom. The van der Waals surface area contributed by atoms with E-state index < -0.39 is 15.8 Å². The Hall–Kier alpha value is -0.880. The summed E-state index contributed by atoms with van der Waals surface area (Å²) in [6.07, 6.45) is 2.98. The van der Waals surface area contributed by atoms with E-state index in [0.29, 0.717) is 4.47 Å². The molecule has 1 aromatic rings. The smallest absolute Gasteiger partial charge is 0.339 e. The van der Waals surface area contributed by atoms with E-state index in [4.69, 9.17) is 0 Å². The number of hydrogen-bond acceptors (Lipinski definition) is 4. The lowest BCUT2D eigenvalue weighted by Gasteiger charge is -2.25. The van der Waals surface area contributed by atoms with E-state index >= 15 is 0 Å². The molecule has 1 aromatic carbocycles. The second kappa shape index (κ2) is 5.63. The van der Waals surface area contributed by atoms with Crippen LogP contribution in [0.1, 0.15) is 29.6 Å². The zero-order chi connectivity index (χ0) is 14.0. The minimum Gasteiger partial charge on any atom is -0.465 e. The third kappa shape index (κ3) is 3.17. The summed E-state index contributed by atoms with van der Waals surface area (Å²) in [7, 11) is -2.20. The highest BCUT2D eigenvalue weighted by Gasteiger charge is 2.29. The summed E-state index contributed by atoms with van der Waals surface area (Å²) in [5.41, 5.74) is 0.0937. The fraction of sp³-hybridized carbons (Fsp3) is 0.462. The number of carbonyl (C=O) groups excluding carboxylic acids is 1. The van der Waals surface area contributed by atoms with Gasteiger partial charge in [-0.2, -0.15) is 0 Å². The van der Waals surface area contributed by atoms with Crippen LogP contribution in [0.15, 0.2) is 27.6 Å². The van der Waals surface area contributed by atoms with Crippen molar-refractivity contribution in [1.29, 1.82) is 0 Å². The minimum absolute atomic E-state index is 0.0643. The number of hydrogen-bond donors (Lipinski definition) is 0. The van der Waals surface area contributed by atoms with Crippen LogP contribution in [0, 0.1) is 5.92 Å². The Labute approximate surface area is 121 Å². The van der Waals surface area contributed by atoms with Gasteiger partial charge in [0, 0.05) is 4.47 Å². The first-order chi connectivity index (χ1) is 8.94. The van der Waals surface area contributed by atoms with Gasteiger partial charge in [-0.3, -0.25) is 0 Å². The van der Waals surface area contributed by atoms with E-state index in [1.165, 1.54) is 19.2 Å². The van der Waals surface area contributed by atoms with Gasteiger partial charge in [0.15, 0.2) is 9.84 Å². The molecule has 0 bridgehead atoms. The Balaban J connectivity index is 2.39. The van der Waals surface area contributed by atoms with Crippen molar-refractivity contribution in [3.05, 3.63) is 28.2 Å². The predicted molar refractivity (Wildman–Crippen MR) is 74.9 cm³/mol. The summed E-state index contributed by atoms with van der Waals surface area (Å²) in [4.78, 5) is 11.8. The highest BCUT2D eigenvalue weighted by molar-refractivity contribution is 9.10. The van der Waals surface area contributed by atoms with Crippen molar-refractivity contribution in [2.75, 3.05) is 12.9 Å². The van der Waals surface area contributed by atoms with Crippen LogP contribution in [0.3, 0.4) is 0 Å². The molecule has 0 unspecified atom stereocenters. The quantitative estimate of drug-likeness (QED) is 0.786. The predicted octanol–water partition coefficient (Wildman–Crippen LogP) is 2.81. The first-order valence-electron chi connectivity index (χ1n) is 6.04. The molecule has 4 nitrogen and oxygen atoms in total. The van der Waals surface area contributed by atoms with Crippen molar-refractivity contribution in [3.8, 4) is 0 Å². The third-order valence-electron chi connectivity index (χ3n) is 3.36. The van der Waals surface area contributed by atoms with E-state index in [1.54, 1.807) is 6.07 Å². The summed E-state index contributed by atoms with van der Waals surface area (Å²) >= 11 is 3.23. The van der Waals surface area contributed by atoms with Gasteiger partial charge in [-0.05, 0) is 37.0 Å². The second-order valence-electron chi connectivity index (χ2n) is 4.71. The molecule has 1 aliphatic carbocycles. The monoisotopic (exact) mass is 346 g/mol. The van der Waals surface area contributed by atoms with Crippen LogP contribution in [0.5, 0.6) is 0 Å². The number of benzene rings is 1. The van der Waals surface area contributed by atoms with Crippen LogP contribution in [0.2, 0.25) is 0 Å². The molecular formula is C13H15BrO4S. The molecule has 0 radical (unpaired) electrons. The van der Waals surface area contributed by atoms with Gasteiger partial charge in [-0.15, -0.1) is 0 Å². The zero-order valence-electron chi connectivity index (χ0n) is 10.6. The molecule has 1 fully saturated rings. The maximum Gasteiger partial charge on any atom is 0.339 e.